The Bertz CT molecular complexity index is 817. The van der Waals surface area contributed by atoms with E-state index in [1.165, 1.54) is 0 Å². The zero-order valence-corrected chi connectivity index (χ0v) is 16.3. The lowest BCUT2D eigenvalue weighted by Gasteiger charge is -2.28. The van der Waals surface area contributed by atoms with Crippen molar-refractivity contribution in [3.63, 3.8) is 0 Å². The van der Waals surface area contributed by atoms with Crippen molar-refractivity contribution in [2.75, 3.05) is 26.8 Å². The van der Waals surface area contributed by atoms with E-state index in [2.05, 4.69) is 21.2 Å². The first kappa shape index (κ1) is 18.5. The lowest BCUT2D eigenvalue weighted by molar-refractivity contribution is 0.227. The van der Waals surface area contributed by atoms with E-state index >= 15 is 0 Å². The lowest BCUT2D eigenvalue weighted by atomic mass is 9.89. The summed E-state index contributed by atoms with van der Waals surface area (Å²) in [6, 6.07) is 8.51. The van der Waals surface area contributed by atoms with Crippen LogP contribution in [0.25, 0.3) is 11.1 Å². The molecule has 2 fully saturated rings. The Kier molecular flexibility index (Phi) is 5.50. The average molecular weight is 389 g/mol. The normalized spacial score (nSPS) is 24.5. The molecule has 2 aliphatic rings. The number of aryl methyl sites for hydroxylation is 1. The summed E-state index contributed by atoms with van der Waals surface area (Å²) in [6.07, 6.45) is 2.85. The molecule has 0 bridgehead atoms. The van der Waals surface area contributed by atoms with E-state index in [-0.39, 0.29) is 6.04 Å². The van der Waals surface area contributed by atoms with Gasteiger partial charge in [-0.1, -0.05) is 11.6 Å². The molecule has 2 aliphatic heterocycles. The van der Waals surface area contributed by atoms with Crippen molar-refractivity contribution in [2.45, 2.75) is 25.4 Å². The van der Waals surface area contributed by atoms with Crippen LogP contribution in [-0.4, -0.2) is 43.9 Å². The second-order valence-electron chi connectivity index (χ2n) is 7.13. The predicted molar refractivity (Wildman–Crippen MR) is 106 cm³/mol. The van der Waals surface area contributed by atoms with Crippen molar-refractivity contribution >= 4 is 11.6 Å². The SMILES string of the molecule is COc1ncccc1-c1cc(Cl)c(C)cc1OCC1NNC2CNCCC21. The van der Waals surface area contributed by atoms with Crippen LogP contribution in [0, 0.1) is 12.8 Å². The van der Waals surface area contributed by atoms with Crippen LogP contribution in [0.3, 0.4) is 0 Å². The molecule has 27 heavy (non-hydrogen) atoms. The van der Waals surface area contributed by atoms with Crippen LogP contribution >= 0.6 is 11.6 Å². The number of aromatic nitrogens is 1. The van der Waals surface area contributed by atoms with Gasteiger partial charge in [-0.05, 0) is 55.6 Å². The molecule has 1 aromatic heterocycles. The van der Waals surface area contributed by atoms with Gasteiger partial charge in [0.05, 0.1) is 13.2 Å². The number of hydrogen-bond donors (Lipinski definition) is 3. The Balaban J connectivity index is 1.60. The number of benzene rings is 1. The number of hydrazine groups is 1. The Hall–Kier alpha value is -1.86. The zero-order chi connectivity index (χ0) is 18.8. The van der Waals surface area contributed by atoms with Crippen LogP contribution in [0.4, 0.5) is 0 Å². The van der Waals surface area contributed by atoms with Crippen molar-refractivity contribution in [2.24, 2.45) is 5.92 Å². The fraction of sp³-hybridized carbons (Fsp3) is 0.450. The molecule has 7 heteroatoms. The molecule has 1 aromatic carbocycles. The number of rotatable bonds is 5. The molecule has 2 aromatic rings. The van der Waals surface area contributed by atoms with Gasteiger partial charge < -0.3 is 14.8 Å². The highest BCUT2D eigenvalue weighted by molar-refractivity contribution is 6.31. The summed E-state index contributed by atoms with van der Waals surface area (Å²) in [5, 5.41) is 4.13. The smallest absolute Gasteiger partial charge is 0.221 e. The van der Waals surface area contributed by atoms with E-state index in [1.54, 1.807) is 13.3 Å². The van der Waals surface area contributed by atoms with Crippen LogP contribution in [0.2, 0.25) is 5.02 Å². The van der Waals surface area contributed by atoms with Gasteiger partial charge in [-0.25, -0.2) is 4.98 Å². The Labute approximate surface area is 164 Å². The summed E-state index contributed by atoms with van der Waals surface area (Å²) < 4.78 is 11.7. The third-order valence-corrected chi connectivity index (χ3v) is 5.85. The molecular formula is C20H25ClN4O2. The molecule has 0 radical (unpaired) electrons. The Morgan fingerprint density at radius 1 is 1.26 bits per heavy atom. The number of halogens is 1. The van der Waals surface area contributed by atoms with Gasteiger partial charge in [-0.3, -0.25) is 10.9 Å². The minimum Gasteiger partial charge on any atom is -0.491 e. The molecule has 4 rings (SSSR count). The van der Waals surface area contributed by atoms with Crippen molar-refractivity contribution < 1.29 is 9.47 Å². The van der Waals surface area contributed by atoms with Crippen molar-refractivity contribution in [3.8, 4) is 22.8 Å². The molecule has 144 valence electrons. The van der Waals surface area contributed by atoms with Gasteiger partial charge in [0.1, 0.15) is 12.4 Å². The van der Waals surface area contributed by atoms with Crippen LogP contribution in [0.1, 0.15) is 12.0 Å². The second kappa shape index (κ2) is 8.02. The minimum absolute atomic E-state index is 0.275. The van der Waals surface area contributed by atoms with E-state index in [4.69, 9.17) is 21.1 Å². The molecule has 0 amide bonds. The molecule has 6 nitrogen and oxygen atoms in total. The number of nitrogens with zero attached hydrogens (tertiary/aromatic N) is 1. The van der Waals surface area contributed by atoms with Crippen LogP contribution in [0.15, 0.2) is 30.5 Å². The highest BCUT2D eigenvalue weighted by atomic mass is 35.5. The molecule has 3 heterocycles. The van der Waals surface area contributed by atoms with Crippen LogP contribution < -0.4 is 25.6 Å². The summed E-state index contributed by atoms with van der Waals surface area (Å²) in [6.45, 7) is 4.62. The van der Waals surface area contributed by atoms with E-state index in [0.29, 0.717) is 29.5 Å². The van der Waals surface area contributed by atoms with E-state index < -0.39 is 0 Å². The number of fused-ring (bicyclic) bond motifs is 1. The zero-order valence-electron chi connectivity index (χ0n) is 15.6. The fourth-order valence-corrected chi connectivity index (χ4v) is 4.09. The summed E-state index contributed by atoms with van der Waals surface area (Å²) >= 11 is 6.40. The first-order valence-corrected chi connectivity index (χ1v) is 9.69. The van der Waals surface area contributed by atoms with Gasteiger partial charge in [0.15, 0.2) is 0 Å². The Morgan fingerprint density at radius 3 is 3.00 bits per heavy atom. The summed E-state index contributed by atoms with van der Waals surface area (Å²) in [7, 11) is 1.62. The highest BCUT2D eigenvalue weighted by Crippen LogP contribution is 2.38. The maximum Gasteiger partial charge on any atom is 0.221 e. The van der Waals surface area contributed by atoms with E-state index in [0.717, 1.165) is 42.0 Å². The molecular weight excluding hydrogens is 364 g/mol. The largest absolute Gasteiger partial charge is 0.491 e. The van der Waals surface area contributed by atoms with Crippen molar-refractivity contribution in [1.29, 1.82) is 0 Å². The van der Waals surface area contributed by atoms with Gasteiger partial charge in [-0.2, -0.15) is 0 Å². The molecule has 0 saturated carbocycles. The first-order chi connectivity index (χ1) is 13.2. The second-order valence-corrected chi connectivity index (χ2v) is 7.53. The topological polar surface area (TPSA) is 67.4 Å². The van der Waals surface area contributed by atoms with Gasteiger partial charge in [-0.15, -0.1) is 0 Å². The summed E-state index contributed by atoms with van der Waals surface area (Å²) in [5.41, 5.74) is 9.53. The van der Waals surface area contributed by atoms with Crippen LogP contribution in [-0.2, 0) is 0 Å². The van der Waals surface area contributed by atoms with E-state index in [1.807, 2.05) is 31.2 Å². The molecule has 3 N–H and O–H groups in total. The standard InChI is InChI=1S/C20H25ClN4O2/c1-12-8-19(27-11-18-14-5-7-22-10-17(14)24-25-18)15(9-16(12)21)13-4-3-6-23-20(13)26-2/h3-4,6,8-9,14,17-18,22,24-25H,5,7,10-11H2,1-2H3. The number of nitrogens with one attached hydrogen (secondary N) is 3. The first-order valence-electron chi connectivity index (χ1n) is 9.31. The van der Waals surface area contributed by atoms with Crippen molar-refractivity contribution in [1.82, 2.24) is 21.2 Å². The number of methoxy groups -OCH3 is 1. The number of pyridine rings is 1. The maximum atomic E-state index is 6.40. The van der Waals surface area contributed by atoms with Gasteiger partial charge in [0, 0.05) is 34.9 Å². The molecule has 3 unspecified atom stereocenters. The number of piperidine rings is 1. The third-order valence-electron chi connectivity index (χ3n) is 5.44. The lowest BCUT2D eigenvalue weighted by Crippen LogP contribution is -2.45. The number of hydrogen-bond acceptors (Lipinski definition) is 6. The monoisotopic (exact) mass is 388 g/mol. The maximum absolute atomic E-state index is 6.40. The molecule has 3 atom stereocenters. The predicted octanol–water partition coefficient (Wildman–Crippen LogP) is 2.55. The molecule has 0 spiro atoms. The van der Waals surface area contributed by atoms with Gasteiger partial charge in [0.25, 0.3) is 0 Å². The third kappa shape index (κ3) is 3.75. The molecule has 0 aliphatic carbocycles. The summed E-state index contributed by atoms with van der Waals surface area (Å²) in [4.78, 5) is 4.31. The minimum atomic E-state index is 0.275. The van der Waals surface area contributed by atoms with Crippen molar-refractivity contribution in [3.05, 3.63) is 41.0 Å². The summed E-state index contributed by atoms with van der Waals surface area (Å²) in [5.74, 6) is 1.92. The van der Waals surface area contributed by atoms with Gasteiger partial charge >= 0.3 is 0 Å². The van der Waals surface area contributed by atoms with Gasteiger partial charge in [0.2, 0.25) is 5.88 Å². The van der Waals surface area contributed by atoms with E-state index in [9.17, 15) is 0 Å². The van der Waals surface area contributed by atoms with Crippen LogP contribution in [0.5, 0.6) is 11.6 Å². The fourth-order valence-electron chi connectivity index (χ4n) is 3.93. The average Bonchev–Trinajstić information content (AvgIpc) is 3.11. The number of ether oxygens (including phenoxy) is 2. The quantitative estimate of drug-likeness (QED) is 0.731. The Morgan fingerprint density at radius 2 is 2.15 bits per heavy atom. The molecule has 2 saturated heterocycles. The highest BCUT2D eigenvalue weighted by Gasteiger charge is 2.37.